The summed E-state index contributed by atoms with van der Waals surface area (Å²) in [6.07, 6.45) is 0. The smallest absolute Gasteiger partial charge is 0.262 e. The Morgan fingerprint density at radius 3 is 2.58 bits per heavy atom. The average Bonchev–Trinajstić information content (AvgIpc) is 2.53. The number of hydrogen-bond acceptors (Lipinski definition) is 4. The fourth-order valence-electron chi connectivity index (χ4n) is 1.93. The number of hydrogen-bond donors (Lipinski definition) is 1. The molecule has 1 amide bonds. The molecule has 0 saturated carbocycles. The molecule has 0 aliphatic rings. The molecule has 0 spiro atoms. The SMILES string of the molecule is CC(=O)c1cc(Cl)ccc1OCC(=O)Nc1ccc(C#N)c(Cl)c1. The van der Waals surface area contributed by atoms with E-state index in [2.05, 4.69) is 5.32 Å². The van der Waals surface area contributed by atoms with Crippen LogP contribution in [-0.2, 0) is 4.79 Å². The van der Waals surface area contributed by atoms with Gasteiger partial charge in [0.1, 0.15) is 11.8 Å². The highest BCUT2D eigenvalue weighted by Gasteiger charge is 2.12. The minimum Gasteiger partial charge on any atom is -0.483 e. The Labute approximate surface area is 148 Å². The van der Waals surface area contributed by atoms with Gasteiger partial charge in [-0.05, 0) is 43.3 Å². The van der Waals surface area contributed by atoms with Crippen molar-refractivity contribution in [2.24, 2.45) is 0 Å². The van der Waals surface area contributed by atoms with Crippen LogP contribution in [0.4, 0.5) is 5.69 Å². The average molecular weight is 363 g/mol. The minimum atomic E-state index is -0.430. The van der Waals surface area contributed by atoms with E-state index in [-0.39, 0.29) is 23.2 Å². The highest BCUT2D eigenvalue weighted by Crippen LogP contribution is 2.24. The molecule has 5 nitrogen and oxygen atoms in total. The number of nitrogens with zero attached hydrogens (tertiary/aromatic N) is 1. The van der Waals surface area contributed by atoms with Gasteiger partial charge in [0.2, 0.25) is 0 Å². The fraction of sp³-hybridized carbons (Fsp3) is 0.118. The van der Waals surface area contributed by atoms with Crippen LogP contribution in [0, 0.1) is 11.3 Å². The predicted octanol–water partition coefficient (Wildman–Crippen LogP) is 4.09. The third-order valence-corrected chi connectivity index (χ3v) is 3.60. The van der Waals surface area contributed by atoms with Gasteiger partial charge in [-0.1, -0.05) is 23.2 Å². The third-order valence-electron chi connectivity index (χ3n) is 3.05. The number of anilines is 1. The monoisotopic (exact) mass is 362 g/mol. The van der Waals surface area contributed by atoms with Crippen LogP contribution < -0.4 is 10.1 Å². The summed E-state index contributed by atoms with van der Waals surface area (Å²) in [7, 11) is 0. The standard InChI is InChI=1S/C17H12Cl2N2O3/c1-10(22)14-6-12(18)3-5-16(14)24-9-17(23)21-13-4-2-11(8-20)15(19)7-13/h2-7H,9H2,1H3,(H,21,23). The van der Waals surface area contributed by atoms with E-state index in [4.69, 9.17) is 33.2 Å². The maximum atomic E-state index is 11.9. The summed E-state index contributed by atoms with van der Waals surface area (Å²) in [5.74, 6) is -0.369. The predicted molar refractivity (Wildman–Crippen MR) is 91.7 cm³/mol. The summed E-state index contributed by atoms with van der Waals surface area (Å²) in [6, 6.07) is 11.1. The summed E-state index contributed by atoms with van der Waals surface area (Å²) < 4.78 is 5.39. The lowest BCUT2D eigenvalue weighted by Crippen LogP contribution is -2.20. The maximum Gasteiger partial charge on any atom is 0.262 e. The second-order valence-electron chi connectivity index (χ2n) is 4.84. The highest BCUT2D eigenvalue weighted by molar-refractivity contribution is 6.32. The molecule has 0 fully saturated rings. The van der Waals surface area contributed by atoms with Gasteiger partial charge in [0.25, 0.3) is 5.91 Å². The molecule has 2 aromatic carbocycles. The lowest BCUT2D eigenvalue weighted by atomic mass is 10.1. The zero-order valence-corrected chi connectivity index (χ0v) is 14.1. The fourth-order valence-corrected chi connectivity index (χ4v) is 2.32. The number of halogens is 2. The van der Waals surface area contributed by atoms with Crippen molar-refractivity contribution >= 4 is 40.6 Å². The summed E-state index contributed by atoms with van der Waals surface area (Å²) in [5.41, 5.74) is 1.06. The maximum absolute atomic E-state index is 11.9. The van der Waals surface area contributed by atoms with E-state index in [1.807, 2.05) is 6.07 Å². The van der Waals surface area contributed by atoms with E-state index in [0.717, 1.165) is 0 Å². The first-order valence-electron chi connectivity index (χ1n) is 6.83. The van der Waals surface area contributed by atoms with Crippen LogP contribution in [0.15, 0.2) is 36.4 Å². The van der Waals surface area contributed by atoms with E-state index in [9.17, 15) is 9.59 Å². The molecule has 0 radical (unpaired) electrons. The molecule has 0 unspecified atom stereocenters. The van der Waals surface area contributed by atoms with Gasteiger partial charge in [-0.15, -0.1) is 0 Å². The van der Waals surface area contributed by atoms with Gasteiger partial charge < -0.3 is 10.1 Å². The molecule has 0 aromatic heterocycles. The Morgan fingerprint density at radius 2 is 1.96 bits per heavy atom. The molecule has 0 heterocycles. The zero-order valence-electron chi connectivity index (χ0n) is 12.6. The molecule has 7 heteroatoms. The van der Waals surface area contributed by atoms with E-state index in [1.54, 1.807) is 12.1 Å². The summed E-state index contributed by atoms with van der Waals surface area (Å²) in [6.45, 7) is 1.09. The molecule has 2 rings (SSSR count). The van der Waals surface area contributed by atoms with E-state index in [0.29, 0.717) is 21.8 Å². The quantitative estimate of drug-likeness (QED) is 0.812. The van der Waals surface area contributed by atoms with Gasteiger partial charge in [-0.25, -0.2) is 0 Å². The minimum absolute atomic E-state index is 0.216. The molecule has 1 N–H and O–H groups in total. The second kappa shape index (κ2) is 7.82. The van der Waals surface area contributed by atoms with Crippen LogP contribution >= 0.6 is 23.2 Å². The molecule has 24 heavy (non-hydrogen) atoms. The van der Waals surface area contributed by atoms with Crippen LogP contribution in [0.25, 0.3) is 0 Å². The van der Waals surface area contributed by atoms with Crippen molar-refractivity contribution in [3.05, 3.63) is 57.6 Å². The topological polar surface area (TPSA) is 79.2 Å². The molecular formula is C17H12Cl2N2O3. The number of nitriles is 1. The van der Waals surface area contributed by atoms with Crippen molar-refractivity contribution in [2.75, 3.05) is 11.9 Å². The van der Waals surface area contributed by atoms with Crippen molar-refractivity contribution < 1.29 is 14.3 Å². The van der Waals surface area contributed by atoms with Crippen molar-refractivity contribution in [1.29, 1.82) is 5.26 Å². The first kappa shape index (κ1) is 17.8. The number of benzene rings is 2. The lowest BCUT2D eigenvalue weighted by molar-refractivity contribution is -0.118. The third kappa shape index (κ3) is 4.48. The second-order valence-corrected chi connectivity index (χ2v) is 5.68. The number of rotatable bonds is 5. The Hall–Kier alpha value is -2.55. The number of carbonyl (C=O) groups is 2. The summed E-state index contributed by atoms with van der Waals surface area (Å²) in [5, 5.41) is 12.1. The Bertz CT molecular complexity index is 844. The summed E-state index contributed by atoms with van der Waals surface area (Å²) >= 11 is 11.7. The van der Waals surface area contributed by atoms with Crippen molar-refractivity contribution in [3.8, 4) is 11.8 Å². The van der Waals surface area contributed by atoms with Crippen molar-refractivity contribution in [3.63, 3.8) is 0 Å². The van der Waals surface area contributed by atoms with Crippen LogP contribution in [0.5, 0.6) is 5.75 Å². The number of amides is 1. The Morgan fingerprint density at radius 1 is 1.21 bits per heavy atom. The van der Waals surface area contributed by atoms with Crippen molar-refractivity contribution in [1.82, 2.24) is 0 Å². The molecule has 0 bridgehead atoms. The summed E-state index contributed by atoms with van der Waals surface area (Å²) in [4.78, 5) is 23.5. The molecule has 0 aliphatic carbocycles. The first-order valence-corrected chi connectivity index (χ1v) is 7.59. The Kier molecular flexibility index (Phi) is 5.80. The van der Waals surface area contributed by atoms with Crippen LogP contribution in [0.3, 0.4) is 0 Å². The van der Waals surface area contributed by atoms with Crippen LogP contribution in [0.2, 0.25) is 10.0 Å². The Balaban J connectivity index is 2.03. The van der Waals surface area contributed by atoms with E-state index >= 15 is 0 Å². The number of Topliss-reactive ketones (excluding diaryl/α,β-unsaturated/α-hetero) is 1. The largest absolute Gasteiger partial charge is 0.483 e. The molecular weight excluding hydrogens is 351 g/mol. The van der Waals surface area contributed by atoms with Gasteiger partial charge in [-0.3, -0.25) is 9.59 Å². The van der Waals surface area contributed by atoms with Gasteiger partial charge in [-0.2, -0.15) is 5.26 Å². The molecule has 0 saturated heterocycles. The number of carbonyl (C=O) groups excluding carboxylic acids is 2. The van der Waals surface area contributed by atoms with Gasteiger partial charge >= 0.3 is 0 Å². The molecule has 2 aromatic rings. The first-order chi connectivity index (χ1) is 11.4. The number of ether oxygens (including phenoxy) is 1. The normalized spacial score (nSPS) is 9.92. The highest BCUT2D eigenvalue weighted by atomic mass is 35.5. The van der Waals surface area contributed by atoms with Crippen LogP contribution in [-0.4, -0.2) is 18.3 Å². The van der Waals surface area contributed by atoms with E-state index < -0.39 is 5.91 Å². The van der Waals surface area contributed by atoms with Gasteiger partial charge in [0.15, 0.2) is 12.4 Å². The lowest BCUT2D eigenvalue weighted by Gasteiger charge is -2.11. The van der Waals surface area contributed by atoms with Crippen molar-refractivity contribution in [2.45, 2.75) is 6.92 Å². The zero-order chi connectivity index (χ0) is 17.7. The number of nitrogens with one attached hydrogen (secondary N) is 1. The molecule has 0 atom stereocenters. The molecule has 122 valence electrons. The number of ketones is 1. The molecule has 0 aliphatic heterocycles. The van der Waals surface area contributed by atoms with E-state index in [1.165, 1.54) is 31.2 Å². The van der Waals surface area contributed by atoms with Gasteiger partial charge in [0, 0.05) is 10.7 Å². The van der Waals surface area contributed by atoms with Gasteiger partial charge in [0.05, 0.1) is 16.1 Å². The van der Waals surface area contributed by atoms with Crippen LogP contribution in [0.1, 0.15) is 22.8 Å².